The van der Waals surface area contributed by atoms with E-state index in [4.69, 9.17) is 0 Å². The molecule has 6 nitrogen and oxygen atoms in total. The molecule has 1 aliphatic carbocycles. The summed E-state index contributed by atoms with van der Waals surface area (Å²) in [5.41, 5.74) is 0. The molecule has 3 aliphatic rings. The molecule has 0 aromatic carbocycles. The summed E-state index contributed by atoms with van der Waals surface area (Å²) >= 11 is 0. The maximum absolute atomic E-state index is 12.3. The lowest BCUT2D eigenvalue weighted by Gasteiger charge is -2.36. The third-order valence-corrected chi connectivity index (χ3v) is 4.21. The molecule has 3 fully saturated rings. The van der Waals surface area contributed by atoms with Crippen LogP contribution >= 0.6 is 0 Å². The van der Waals surface area contributed by atoms with Gasteiger partial charge >= 0.3 is 12.1 Å². The molecule has 2 saturated heterocycles. The Hall–Kier alpha value is -1.46. The minimum Gasteiger partial charge on any atom is -0.335 e. The van der Waals surface area contributed by atoms with Gasteiger partial charge < -0.3 is 20.0 Å². The SMILES string of the molecule is CC(C)CN1CC2CN(C(=O)NC3CC3)CCN2C1=O. The number of carbonyl (C=O) groups excluding carboxylic acids is 2. The summed E-state index contributed by atoms with van der Waals surface area (Å²) in [6, 6.07) is 0.746. The van der Waals surface area contributed by atoms with E-state index in [-0.39, 0.29) is 18.1 Å². The van der Waals surface area contributed by atoms with Gasteiger partial charge in [-0.15, -0.1) is 0 Å². The summed E-state index contributed by atoms with van der Waals surface area (Å²) in [7, 11) is 0. The maximum Gasteiger partial charge on any atom is 0.320 e. The molecule has 1 atom stereocenters. The fraction of sp³-hybridized carbons (Fsp3) is 0.857. The second-order valence-corrected chi connectivity index (χ2v) is 6.60. The van der Waals surface area contributed by atoms with Crippen molar-refractivity contribution in [3.63, 3.8) is 0 Å². The van der Waals surface area contributed by atoms with Gasteiger partial charge in [0, 0.05) is 38.8 Å². The lowest BCUT2D eigenvalue weighted by atomic mass is 10.2. The van der Waals surface area contributed by atoms with E-state index in [0.29, 0.717) is 31.6 Å². The molecule has 6 heteroatoms. The molecule has 4 amide bonds. The number of rotatable bonds is 3. The quantitative estimate of drug-likeness (QED) is 0.836. The smallest absolute Gasteiger partial charge is 0.320 e. The van der Waals surface area contributed by atoms with Crippen LogP contribution in [-0.2, 0) is 0 Å². The van der Waals surface area contributed by atoms with E-state index in [9.17, 15) is 9.59 Å². The number of hydrogen-bond donors (Lipinski definition) is 1. The average Bonchev–Trinajstić information content (AvgIpc) is 3.15. The molecular formula is C14H24N4O2. The van der Waals surface area contributed by atoms with E-state index in [1.165, 1.54) is 0 Å². The zero-order valence-corrected chi connectivity index (χ0v) is 12.3. The number of nitrogens with zero attached hydrogens (tertiary/aromatic N) is 3. The Kier molecular flexibility index (Phi) is 3.48. The average molecular weight is 280 g/mol. The molecule has 2 aliphatic heterocycles. The molecule has 1 saturated carbocycles. The van der Waals surface area contributed by atoms with Crippen molar-refractivity contribution in [2.45, 2.75) is 38.8 Å². The zero-order valence-electron chi connectivity index (χ0n) is 12.3. The first kappa shape index (κ1) is 13.5. The van der Waals surface area contributed by atoms with Gasteiger partial charge in [0.25, 0.3) is 0 Å². The van der Waals surface area contributed by atoms with Crippen LogP contribution in [0.4, 0.5) is 9.59 Å². The minimum atomic E-state index is 0.0434. The third kappa shape index (κ3) is 2.69. The number of hydrogen-bond acceptors (Lipinski definition) is 2. The molecule has 0 bridgehead atoms. The first-order valence-electron chi connectivity index (χ1n) is 7.65. The molecule has 2 heterocycles. The predicted octanol–water partition coefficient (Wildman–Crippen LogP) is 0.936. The molecule has 1 unspecified atom stereocenters. The van der Waals surface area contributed by atoms with Gasteiger partial charge in [-0.25, -0.2) is 9.59 Å². The van der Waals surface area contributed by atoms with Crippen molar-refractivity contribution in [1.29, 1.82) is 0 Å². The van der Waals surface area contributed by atoms with Crippen molar-refractivity contribution in [3.8, 4) is 0 Å². The number of carbonyl (C=O) groups is 2. The van der Waals surface area contributed by atoms with Gasteiger partial charge in [-0.05, 0) is 18.8 Å². The Labute approximate surface area is 120 Å². The Morgan fingerprint density at radius 2 is 2.05 bits per heavy atom. The number of nitrogens with one attached hydrogen (secondary N) is 1. The standard InChI is InChI=1S/C14H24N4O2/c1-10(2)7-17-9-12-8-16(5-6-18(12)14(17)20)13(19)15-11-3-4-11/h10-12H,3-9H2,1-2H3,(H,15,19). The molecule has 0 radical (unpaired) electrons. The van der Waals surface area contributed by atoms with Crippen LogP contribution in [0.1, 0.15) is 26.7 Å². The highest BCUT2D eigenvalue weighted by molar-refractivity contribution is 5.79. The molecule has 3 rings (SSSR count). The number of fused-ring (bicyclic) bond motifs is 1. The van der Waals surface area contributed by atoms with Crippen LogP contribution in [0.25, 0.3) is 0 Å². The lowest BCUT2D eigenvalue weighted by Crippen LogP contribution is -2.56. The molecule has 1 N–H and O–H groups in total. The number of piperazine rings is 1. The van der Waals surface area contributed by atoms with Crippen LogP contribution in [0.3, 0.4) is 0 Å². The van der Waals surface area contributed by atoms with Crippen LogP contribution in [0.5, 0.6) is 0 Å². The first-order valence-corrected chi connectivity index (χ1v) is 7.65. The minimum absolute atomic E-state index is 0.0434. The van der Waals surface area contributed by atoms with E-state index >= 15 is 0 Å². The Morgan fingerprint density at radius 3 is 2.70 bits per heavy atom. The summed E-state index contributed by atoms with van der Waals surface area (Å²) in [5.74, 6) is 0.481. The Morgan fingerprint density at radius 1 is 1.30 bits per heavy atom. The van der Waals surface area contributed by atoms with Crippen LogP contribution in [0.2, 0.25) is 0 Å². The fourth-order valence-corrected chi connectivity index (χ4v) is 3.05. The number of urea groups is 2. The predicted molar refractivity (Wildman–Crippen MR) is 75.4 cm³/mol. The molecule has 20 heavy (non-hydrogen) atoms. The normalized spacial score (nSPS) is 26.2. The van der Waals surface area contributed by atoms with Gasteiger partial charge in [0.2, 0.25) is 0 Å². The fourth-order valence-electron chi connectivity index (χ4n) is 3.05. The molecule has 0 aromatic heterocycles. The second kappa shape index (κ2) is 5.14. The van der Waals surface area contributed by atoms with Crippen molar-refractivity contribution < 1.29 is 9.59 Å². The van der Waals surface area contributed by atoms with Crippen LogP contribution < -0.4 is 5.32 Å². The van der Waals surface area contributed by atoms with Gasteiger partial charge in [0.05, 0.1) is 6.04 Å². The summed E-state index contributed by atoms with van der Waals surface area (Å²) in [6.45, 7) is 7.79. The van der Waals surface area contributed by atoms with Gasteiger partial charge in [0.15, 0.2) is 0 Å². The highest BCUT2D eigenvalue weighted by Crippen LogP contribution is 2.23. The lowest BCUT2D eigenvalue weighted by molar-refractivity contribution is 0.128. The topological polar surface area (TPSA) is 55.9 Å². The third-order valence-electron chi connectivity index (χ3n) is 4.21. The number of amides is 4. The van der Waals surface area contributed by atoms with E-state index in [2.05, 4.69) is 19.2 Å². The van der Waals surface area contributed by atoms with E-state index in [1.54, 1.807) is 0 Å². The van der Waals surface area contributed by atoms with Crippen molar-refractivity contribution >= 4 is 12.1 Å². The van der Waals surface area contributed by atoms with Crippen LogP contribution in [0, 0.1) is 5.92 Å². The van der Waals surface area contributed by atoms with Gasteiger partial charge in [-0.1, -0.05) is 13.8 Å². The van der Waals surface area contributed by atoms with Gasteiger partial charge in [0.1, 0.15) is 0 Å². The molecule has 0 spiro atoms. The zero-order chi connectivity index (χ0) is 14.3. The van der Waals surface area contributed by atoms with Crippen LogP contribution in [-0.4, -0.2) is 71.6 Å². The van der Waals surface area contributed by atoms with Crippen molar-refractivity contribution in [1.82, 2.24) is 20.0 Å². The summed E-state index contributed by atoms with van der Waals surface area (Å²) in [6.07, 6.45) is 2.21. The Balaban J connectivity index is 1.57. The van der Waals surface area contributed by atoms with Crippen molar-refractivity contribution in [3.05, 3.63) is 0 Å². The first-order chi connectivity index (χ1) is 9.54. The largest absolute Gasteiger partial charge is 0.335 e. The van der Waals surface area contributed by atoms with E-state index in [0.717, 1.165) is 25.9 Å². The summed E-state index contributed by atoms with van der Waals surface area (Å²) in [5, 5.41) is 3.03. The van der Waals surface area contributed by atoms with Gasteiger partial charge in [-0.3, -0.25) is 0 Å². The monoisotopic (exact) mass is 280 g/mol. The highest BCUT2D eigenvalue weighted by Gasteiger charge is 2.41. The van der Waals surface area contributed by atoms with Crippen molar-refractivity contribution in [2.75, 3.05) is 32.7 Å². The Bertz CT molecular complexity index is 408. The molecular weight excluding hydrogens is 256 g/mol. The summed E-state index contributed by atoms with van der Waals surface area (Å²) < 4.78 is 0. The molecule has 112 valence electrons. The van der Waals surface area contributed by atoms with E-state index in [1.807, 2.05) is 14.7 Å². The maximum atomic E-state index is 12.3. The molecule has 0 aromatic rings. The second-order valence-electron chi connectivity index (χ2n) is 6.60. The highest BCUT2D eigenvalue weighted by atomic mass is 16.2. The van der Waals surface area contributed by atoms with Crippen molar-refractivity contribution in [2.24, 2.45) is 5.92 Å². The van der Waals surface area contributed by atoms with E-state index < -0.39 is 0 Å². The van der Waals surface area contributed by atoms with Crippen LogP contribution in [0.15, 0.2) is 0 Å². The summed E-state index contributed by atoms with van der Waals surface area (Å²) in [4.78, 5) is 30.1. The van der Waals surface area contributed by atoms with Gasteiger partial charge in [-0.2, -0.15) is 0 Å².